The predicted molar refractivity (Wildman–Crippen MR) is 145 cm³/mol. The van der Waals surface area contributed by atoms with Crippen molar-refractivity contribution in [3.05, 3.63) is 47.2 Å². The van der Waals surface area contributed by atoms with Gasteiger partial charge in [-0.25, -0.2) is 15.0 Å². The highest BCUT2D eigenvalue weighted by Gasteiger charge is 2.52. The second kappa shape index (κ2) is 9.44. The molecule has 8 nitrogen and oxygen atoms in total. The van der Waals surface area contributed by atoms with Gasteiger partial charge in [0.15, 0.2) is 0 Å². The van der Waals surface area contributed by atoms with E-state index in [-0.39, 0.29) is 11.5 Å². The minimum atomic E-state index is -0.141. The summed E-state index contributed by atoms with van der Waals surface area (Å²) in [5, 5.41) is 7.10. The monoisotopic (exact) mass is 503 g/mol. The van der Waals surface area contributed by atoms with Gasteiger partial charge in [-0.1, -0.05) is 19.9 Å². The fraction of sp³-hybridized carbons (Fsp3) is 0.481. The van der Waals surface area contributed by atoms with Crippen molar-refractivity contribution in [2.75, 3.05) is 43.4 Å². The first kappa shape index (κ1) is 23.4. The minimum Gasteiger partial charge on any atom is -0.363 e. The fourth-order valence-electron chi connectivity index (χ4n) is 5.54. The number of aromatic nitrogens is 3. The van der Waals surface area contributed by atoms with Gasteiger partial charge >= 0.3 is 0 Å². The number of thiazole rings is 1. The average Bonchev–Trinajstić information content (AvgIpc) is 3.32. The summed E-state index contributed by atoms with van der Waals surface area (Å²) in [4.78, 5) is 31.2. The van der Waals surface area contributed by atoms with Crippen molar-refractivity contribution in [2.24, 2.45) is 5.41 Å². The SMILES string of the molecule is CCN(CC)CC1(C(=O)N2CC=C(C3Cc4c(Nc5ccc6ncsc6c5)ncnc4N3)CC2)CC1. The van der Waals surface area contributed by atoms with Crippen LogP contribution >= 0.6 is 11.3 Å². The van der Waals surface area contributed by atoms with E-state index in [2.05, 4.69) is 61.4 Å². The minimum absolute atomic E-state index is 0.141. The van der Waals surface area contributed by atoms with Crippen molar-refractivity contribution in [3.8, 4) is 0 Å². The summed E-state index contributed by atoms with van der Waals surface area (Å²) >= 11 is 1.63. The molecule has 6 rings (SSSR count). The predicted octanol–water partition coefficient (Wildman–Crippen LogP) is 4.45. The van der Waals surface area contributed by atoms with Crippen LogP contribution in [0, 0.1) is 5.41 Å². The van der Waals surface area contributed by atoms with Gasteiger partial charge in [-0.2, -0.15) is 0 Å². The first-order valence-corrected chi connectivity index (χ1v) is 13.9. The summed E-state index contributed by atoms with van der Waals surface area (Å²) in [6.07, 6.45) is 7.67. The lowest BCUT2D eigenvalue weighted by atomic mass is 9.96. The summed E-state index contributed by atoms with van der Waals surface area (Å²) in [5.74, 6) is 2.09. The average molecular weight is 504 g/mol. The van der Waals surface area contributed by atoms with Crippen LogP contribution < -0.4 is 10.6 Å². The molecular weight excluding hydrogens is 470 g/mol. The van der Waals surface area contributed by atoms with E-state index in [1.54, 1.807) is 17.7 Å². The number of hydrogen-bond donors (Lipinski definition) is 2. The number of fused-ring (bicyclic) bond motifs is 2. The van der Waals surface area contributed by atoms with Gasteiger partial charge in [-0.15, -0.1) is 11.3 Å². The van der Waals surface area contributed by atoms with Crippen LogP contribution in [0.2, 0.25) is 0 Å². The fourth-order valence-corrected chi connectivity index (χ4v) is 6.25. The van der Waals surface area contributed by atoms with Crippen molar-refractivity contribution in [2.45, 2.75) is 45.6 Å². The molecule has 3 aliphatic rings. The summed E-state index contributed by atoms with van der Waals surface area (Å²) in [6.45, 7) is 8.76. The standard InChI is InChI=1S/C27H33N7OS/c1-3-33(4-2)15-27(9-10-27)26(35)34-11-7-18(8-12-34)22-14-20-24(28-16-29-25(20)32-22)31-19-5-6-21-23(13-19)36-17-30-21/h5-7,13,16-17,22H,3-4,8-12,14-15H2,1-2H3,(H2,28,29,31,32). The Hall–Kier alpha value is -3.04. The molecule has 0 bridgehead atoms. The van der Waals surface area contributed by atoms with E-state index in [0.717, 1.165) is 85.0 Å². The first-order chi connectivity index (χ1) is 17.6. The quantitative estimate of drug-likeness (QED) is 0.439. The van der Waals surface area contributed by atoms with E-state index in [1.807, 2.05) is 17.6 Å². The molecule has 188 valence electrons. The zero-order chi connectivity index (χ0) is 24.7. The third-order valence-electron chi connectivity index (χ3n) is 7.97. The molecule has 0 radical (unpaired) electrons. The highest BCUT2D eigenvalue weighted by atomic mass is 32.1. The second-order valence-corrected chi connectivity index (χ2v) is 11.0. The Balaban J connectivity index is 1.12. The van der Waals surface area contributed by atoms with E-state index >= 15 is 0 Å². The molecule has 1 fully saturated rings. The van der Waals surface area contributed by atoms with E-state index < -0.39 is 0 Å². The van der Waals surface area contributed by atoms with E-state index in [0.29, 0.717) is 12.5 Å². The van der Waals surface area contributed by atoms with Gasteiger partial charge in [0.2, 0.25) is 5.91 Å². The van der Waals surface area contributed by atoms with Gasteiger partial charge in [-0.05, 0) is 56.1 Å². The van der Waals surface area contributed by atoms with Crippen LogP contribution in [0.5, 0.6) is 0 Å². The molecule has 36 heavy (non-hydrogen) atoms. The normalized spacial score (nSPS) is 20.2. The van der Waals surface area contributed by atoms with Crippen molar-refractivity contribution in [1.29, 1.82) is 0 Å². The number of amides is 1. The van der Waals surface area contributed by atoms with Gasteiger partial charge in [0, 0.05) is 37.3 Å². The highest BCUT2D eigenvalue weighted by molar-refractivity contribution is 7.16. The van der Waals surface area contributed by atoms with Gasteiger partial charge in [0.25, 0.3) is 0 Å². The topological polar surface area (TPSA) is 86.3 Å². The zero-order valence-corrected chi connectivity index (χ0v) is 21.8. The number of nitrogens with one attached hydrogen (secondary N) is 2. The Labute approximate surface area is 215 Å². The van der Waals surface area contributed by atoms with Crippen molar-refractivity contribution < 1.29 is 4.79 Å². The maximum atomic E-state index is 13.4. The van der Waals surface area contributed by atoms with Crippen LogP contribution in [0.4, 0.5) is 17.3 Å². The van der Waals surface area contributed by atoms with E-state index in [9.17, 15) is 4.79 Å². The van der Waals surface area contributed by atoms with Gasteiger partial charge in [-0.3, -0.25) is 4.79 Å². The summed E-state index contributed by atoms with van der Waals surface area (Å²) in [6, 6.07) is 6.39. The smallest absolute Gasteiger partial charge is 0.230 e. The van der Waals surface area contributed by atoms with Crippen LogP contribution in [0.1, 0.15) is 38.7 Å². The van der Waals surface area contributed by atoms with Crippen LogP contribution in [0.25, 0.3) is 10.2 Å². The lowest BCUT2D eigenvalue weighted by Gasteiger charge is -2.33. The molecule has 1 amide bonds. The zero-order valence-electron chi connectivity index (χ0n) is 21.0. The third-order valence-corrected chi connectivity index (χ3v) is 8.76. The van der Waals surface area contributed by atoms with E-state index in [1.165, 1.54) is 5.57 Å². The summed E-state index contributed by atoms with van der Waals surface area (Å²) in [5.41, 5.74) is 6.22. The number of nitrogens with zero attached hydrogens (tertiary/aromatic N) is 5. The lowest BCUT2D eigenvalue weighted by molar-refractivity contribution is -0.137. The molecule has 2 aliphatic heterocycles. The Bertz CT molecular complexity index is 1310. The Kier molecular flexibility index (Phi) is 6.13. The van der Waals surface area contributed by atoms with Crippen molar-refractivity contribution in [1.82, 2.24) is 24.8 Å². The molecule has 1 aliphatic carbocycles. The maximum Gasteiger partial charge on any atom is 0.230 e. The Morgan fingerprint density at radius 1 is 1.25 bits per heavy atom. The molecule has 1 unspecified atom stereocenters. The van der Waals surface area contributed by atoms with Gasteiger partial charge in [0.1, 0.15) is 18.0 Å². The third kappa shape index (κ3) is 4.35. The molecule has 1 aromatic carbocycles. The molecule has 0 spiro atoms. The molecule has 3 aromatic rings. The molecule has 2 aromatic heterocycles. The number of carbonyl (C=O) groups excluding carboxylic acids is 1. The molecular formula is C27H33N7OS. The summed E-state index contributed by atoms with van der Waals surface area (Å²) in [7, 11) is 0. The molecule has 1 atom stereocenters. The van der Waals surface area contributed by atoms with Crippen LogP contribution in [-0.4, -0.2) is 69.4 Å². The Morgan fingerprint density at radius 2 is 2.11 bits per heavy atom. The molecule has 9 heteroatoms. The maximum absolute atomic E-state index is 13.4. The van der Waals surface area contributed by atoms with Crippen molar-refractivity contribution in [3.63, 3.8) is 0 Å². The molecule has 2 N–H and O–H groups in total. The second-order valence-electron chi connectivity index (χ2n) is 10.1. The largest absolute Gasteiger partial charge is 0.363 e. The van der Waals surface area contributed by atoms with Crippen molar-refractivity contribution >= 4 is 44.8 Å². The number of carbonyl (C=O) groups is 1. The van der Waals surface area contributed by atoms with Gasteiger partial charge < -0.3 is 20.4 Å². The number of benzene rings is 1. The molecule has 1 saturated carbocycles. The van der Waals surface area contributed by atoms with Crippen LogP contribution in [-0.2, 0) is 11.2 Å². The Morgan fingerprint density at radius 3 is 2.86 bits per heavy atom. The number of hydrogen-bond acceptors (Lipinski definition) is 8. The van der Waals surface area contributed by atoms with Gasteiger partial charge in [0.05, 0.1) is 27.2 Å². The number of rotatable bonds is 8. The molecule has 0 saturated heterocycles. The first-order valence-electron chi connectivity index (χ1n) is 13.0. The number of anilines is 3. The molecule has 4 heterocycles. The van der Waals surface area contributed by atoms with Crippen LogP contribution in [0.15, 0.2) is 41.7 Å². The van der Waals surface area contributed by atoms with Crippen LogP contribution in [0.3, 0.4) is 0 Å². The summed E-state index contributed by atoms with van der Waals surface area (Å²) < 4.78 is 1.15. The lowest BCUT2D eigenvalue weighted by Crippen LogP contribution is -2.45. The van der Waals surface area contributed by atoms with E-state index in [4.69, 9.17) is 0 Å². The highest BCUT2D eigenvalue weighted by Crippen LogP contribution is 2.48.